The third-order valence-corrected chi connectivity index (χ3v) is 3.28. The lowest BCUT2D eigenvalue weighted by molar-refractivity contribution is -0.121. The smallest absolute Gasteiger partial charge is 0.234 e. The number of rotatable bonds is 7. The molecule has 2 rings (SSSR count). The largest absolute Gasteiger partial charge is 0.348 e. The molecule has 1 atom stereocenters. The SMILES string of the molecule is CCCNCC(=O)NC(c1ccccc1)C1CC1. The van der Waals surface area contributed by atoms with Crippen LogP contribution in [0, 0.1) is 5.92 Å². The second kappa shape index (κ2) is 6.55. The van der Waals surface area contributed by atoms with E-state index in [2.05, 4.69) is 29.7 Å². The first kappa shape index (κ1) is 13.1. The summed E-state index contributed by atoms with van der Waals surface area (Å²) >= 11 is 0. The molecule has 0 saturated heterocycles. The zero-order valence-electron chi connectivity index (χ0n) is 11.0. The highest BCUT2D eigenvalue weighted by molar-refractivity contribution is 5.78. The van der Waals surface area contributed by atoms with Crippen molar-refractivity contribution in [3.8, 4) is 0 Å². The zero-order chi connectivity index (χ0) is 12.8. The Balaban J connectivity index is 1.89. The quantitative estimate of drug-likeness (QED) is 0.725. The number of hydrogen-bond acceptors (Lipinski definition) is 2. The Morgan fingerprint density at radius 1 is 1.33 bits per heavy atom. The molecule has 1 aliphatic carbocycles. The van der Waals surface area contributed by atoms with Crippen molar-refractivity contribution in [2.45, 2.75) is 32.2 Å². The van der Waals surface area contributed by atoms with Crippen LogP contribution in [0.4, 0.5) is 0 Å². The Morgan fingerprint density at radius 3 is 2.67 bits per heavy atom. The van der Waals surface area contributed by atoms with Gasteiger partial charge in [0, 0.05) is 0 Å². The Kier molecular flexibility index (Phi) is 4.76. The van der Waals surface area contributed by atoms with E-state index in [1.54, 1.807) is 0 Å². The van der Waals surface area contributed by atoms with Gasteiger partial charge in [-0.2, -0.15) is 0 Å². The van der Waals surface area contributed by atoms with Crippen LogP contribution in [0.1, 0.15) is 37.8 Å². The van der Waals surface area contributed by atoms with Gasteiger partial charge in [0.05, 0.1) is 12.6 Å². The molecule has 0 bridgehead atoms. The minimum Gasteiger partial charge on any atom is -0.348 e. The maximum atomic E-state index is 11.9. The minimum atomic E-state index is 0.101. The Hall–Kier alpha value is -1.35. The first-order valence-electron chi connectivity index (χ1n) is 6.86. The van der Waals surface area contributed by atoms with Crippen LogP contribution in [0.3, 0.4) is 0 Å². The average Bonchev–Trinajstić information content (AvgIpc) is 3.22. The van der Waals surface area contributed by atoms with Crippen molar-refractivity contribution in [2.75, 3.05) is 13.1 Å². The summed E-state index contributed by atoms with van der Waals surface area (Å²) in [7, 11) is 0. The predicted octanol–water partition coefficient (Wildman–Crippen LogP) is 2.25. The highest BCUT2D eigenvalue weighted by atomic mass is 16.2. The van der Waals surface area contributed by atoms with Crippen molar-refractivity contribution in [1.29, 1.82) is 0 Å². The zero-order valence-corrected chi connectivity index (χ0v) is 11.0. The van der Waals surface area contributed by atoms with E-state index in [1.807, 2.05) is 18.2 Å². The van der Waals surface area contributed by atoms with Crippen LogP contribution in [0.5, 0.6) is 0 Å². The molecule has 1 unspecified atom stereocenters. The lowest BCUT2D eigenvalue weighted by atomic mass is 10.0. The molecule has 1 aromatic carbocycles. The van der Waals surface area contributed by atoms with Crippen LogP contribution < -0.4 is 10.6 Å². The van der Waals surface area contributed by atoms with Crippen LogP contribution in [-0.2, 0) is 4.79 Å². The normalized spacial score (nSPS) is 16.3. The van der Waals surface area contributed by atoms with E-state index in [9.17, 15) is 4.79 Å². The molecule has 1 aromatic rings. The summed E-state index contributed by atoms with van der Waals surface area (Å²) in [6.07, 6.45) is 3.50. The van der Waals surface area contributed by atoms with Gasteiger partial charge in [-0.1, -0.05) is 37.3 Å². The standard InChI is InChI=1S/C15H22N2O/c1-2-10-16-11-14(18)17-15(13-8-9-13)12-6-4-3-5-7-12/h3-7,13,15-16H,2,8-11H2,1H3,(H,17,18). The van der Waals surface area contributed by atoms with Crippen LogP contribution in [0.15, 0.2) is 30.3 Å². The van der Waals surface area contributed by atoms with Gasteiger partial charge in [0.15, 0.2) is 0 Å². The molecule has 0 radical (unpaired) electrons. The van der Waals surface area contributed by atoms with Crippen molar-refractivity contribution < 1.29 is 4.79 Å². The fourth-order valence-electron chi connectivity index (χ4n) is 2.17. The first-order valence-corrected chi connectivity index (χ1v) is 6.86. The molecule has 0 aromatic heterocycles. The lowest BCUT2D eigenvalue weighted by Gasteiger charge is -2.19. The molecule has 1 fully saturated rings. The van der Waals surface area contributed by atoms with Gasteiger partial charge in [-0.05, 0) is 37.3 Å². The molecular formula is C15H22N2O. The summed E-state index contributed by atoms with van der Waals surface area (Å²) in [6.45, 7) is 3.42. The molecule has 1 aliphatic rings. The van der Waals surface area contributed by atoms with E-state index in [-0.39, 0.29) is 11.9 Å². The highest BCUT2D eigenvalue weighted by Crippen LogP contribution is 2.40. The third kappa shape index (κ3) is 3.84. The maximum Gasteiger partial charge on any atom is 0.234 e. The average molecular weight is 246 g/mol. The van der Waals surface area contributed by atoms with Crippen molar-refractivity contribution >= 4 is 5.91 Å². The number of hydrogen-bond donors (Lipinski definition) is 2. The van der Waals surface area contributed by atoms with Gasteiger partial charge in [0.2, 0.25) is 5.91 Å². The van der Waals surface area contributed by atoms with Gasteiger partial charge < -0.3 is 10.6 Å². The maximum absolute atomic E-state index is 11.9. The molecule has 1 amide bonds. The number of amides is 1. The second-order valence-corrected chi connectivity index (χ2v) is 4.97. The Bertz CT molecular complexity index is 373. The van der Waals surface area contributed by atoms with Crippen LogP contribution in [0.2, 0.25) is 0 Å². The lowest BCUT2D eigenvalue weighted by Crippen LogP contribution is -2.37. The molecule has 0 heterocycles. The summed E-state index contributed by atoms with van der Waals surface area (Å²) in [5.74, 6) is 0.728. The molecule has 18 heavy (non-hydrogen) atoms. The monoisotopic (exact) mass is 246 g/mol. The fraction of sp³-hybridized carbons (Fsp3) is 0.533. The van der Waals surface area contributed by atoms with E-state index in [1.165, 1.54) is 18.4 Å². The molecular weight excluding hydrogens is 224 g/mol. The molecule has 1 saturated carbocycles. The Labute approximate surface area is 109 Å². The van der Waals surface area contributed by atoms with Gasteiger partial charge in [-0.3, -0.25) is 4.79 Å². The predicted molar refractivity (Wildman–Crippen MR) is 73.2 cm³/mol. The van der Waals surface area contributed by atoms with Gasteiger partial charge in [-0.15, -0.1) is 0 Å². The van der Waals surface area contributed by atoms with E-state index in [0.29, 0.717) is 12.5 Å². The van der Waals surface area contributed by atoms with Crippen molar-refractivity contribution in [3.63, 3.8) is 0 Å². The van der Waals surface area contributed by atoms with E-state index in [0.717, 1.165) is 13.0 Å². The summed E-state index contributed by atoms with van der Waals surface area (Å²) in [5.41, 5.74) is 1.23. The van der Waals surface area contributed by atoms with Crippen LogP contribution in [0.25, 0.3) is 0 Å². The fourth-order valence-corrected chi connectivity index (χ4v) is 2.17. The number of carbonyl (C=O) groups is 1. The number of carbonyl (C=O) groups excluding carboxylic acids is 1. The molecule has 98 valence electrons. The van der Waals surface area contributed by atoms with Gasteiger partial charge in [0.1, 0.15) is 0 Å². The van der Waals surface area contributed by atoms with Crippen molar-refractivity contribution in [1.82, 2.24) is 10.6 Å². The van der Waals surface area contributed by atoms with Crippen LogP contribution >= 0.6 is 0 Å². The number of nitrogens with one attached hydrogen (secondary N) is 2. The van der Waals surface area contributed by atoms with E-state index < -0.39 is 0 Å². The summed E-state index contributed by atoms with van der Waals surface area (Å²) in [5, 5.41) is 6.29. The summed E-state index contributed by atoms with van der Waals surface area (Å²) in [4.78, 5) is 11.9. The van der Waals surface area contributed by atoms with Crippen LogP contribution in [-0.4, -0.2) is 19.0 Å². The minimum absolute atomic E-state index is 0.101. The van der Waals surface area contributed by atoms with Gasteiger partial charge in [0.25, 0.3) is 0 Å². The van der Waals surface area contributed by atoms with Crippen molar-refractivity contribution in [2.24, 2.45) is 5.92 Å². The van der Waals surface area contributed by atoms with Gasteiger partial charge >= 0.3 is 0 Å². The molecule has 2 N–H and O–H groups in total. The van der Waals surface area contributed by atoms with Crippen molar-refractivity contribution in [3.05, 3.63) is 35.9 Å². The first-order chi connectivity index (χ1) is 8.81. The molecule has 3 nitrogen and oxygen atoms in total. The Morgan fingerprint density at radius 2 is 2.06 bits per heavy atom. The molecule has 0 aliphatic heterocycles. The van der Waals surface area contributed by atoms with E-state index in [4.69, 9.17) is 0 Å². The second-order valence-electron chi connectivity index (χ2n) is 4.97. The van der Waals surface area contributed by atoms with E-state index >= 15 is 0 Å². The number of benzene rings is 1. The summed E-state index contributed by atoms with van der Waals surface area (Å²) in [6, 6.07) is 10.5. The van der Waals surface area contributed by atoms with Gasteiger partial charge in [-0.25, -0.2) is 0 Å². The highest BCUT2D eigenvalue weighted by Gasteiger charge is 2.33. The molecule has 0 spiro atoms. The summed E-state index contributed by atoms with van der Waals surface area (Å²) < 4.78 is 0. The topological polar surface area (TPSA) is 41.1 Å². The molecule has 3 heteroatoms. The third-order valence-electron chi connectivity index (χ3n) is 3.28.